The summed E-state index contributed by atoms with van der Waals surface area (Å²) in [6.07, 6.45) is 5.23. The molecule has 0 bridgehead atoms. The third kappa shape index (κ3) is 3.26. The van der Waals surface area contributed by atoms with Crippen LogP contribution >= 0.6 is 0 Å². The lowest BCUT2D eigenvalue weighted by molar-refractivity contribution is 0.661. The number of aryl methyl sites for hydroxylation is 2. The third-order valence-corrected chi connectivity index (χ3v) is 3.72. The summed E-state index contributed by atoms with van der Waals surface area (Å²) in [5, 5.41) is 3.40. The van der Waals surface area contributed by atoms with Gasteiger partial charge in [-0.05, 0) is 42.6 Å². The van der Waals surface area contributed by atoms with E-state index in [1.807, 2.05) is 19.3 Å². The highest BCUT2D eigenvalue weighted by Gasteiger charge is 2.16. The van der Waals surface area contributed by atoms with E-state index < -0.39 is 0 Å². The van der Waals surface area contributed by atoms with Crippen molar-refractivity contribution in [3.05, 3.63) is 65.0 Å². The van der Waals surface area contributed by atoms with Crippen molar-refractivity contribution in [1.82, 2.24) is 10.3 Å². The fourth-order valence-electron chi connectivity index (χ4n) is 2.64. The number of hydrogen-bond acceptors (Lipinski definition) is 2. The third-order valence-electron chi connectivity index (χ3n) is 3.72. The Bertz CT molecular complexity index is 531. The van der Waals surface area contributed by atoms with Crippen LogP contribution in [0.5, 0.6) is 0 Å². The molecule has 0 radical (unpaired) electrons. The van der Waals surface area contributed by atoms with Gasteiger partial charge in [0, 0.05) is 6.20 Å². The van der Waals surface area contributed by atoms with Crippen molar-refractivity contribution in [2.45, 2.75) is 39.2 Å². The minimum atomic E-state index is 0.168. The summed E-state index contributed by atoms with van der Waals surface area (Å²) in [5.74, 6) is 0. The summed E-state index contributed by atoms with van der Waals surface area (Å²) >= 11 is 0. The van der Waals surface area contributed by atoms with Gasteiger partial charge in [-0.1, -0.05) is 50.6 Å². The van der Waals surface area contributed by atoms with Crippen LogP contribution in [0.1, 0.15) is 48.7 Å². The maximum Gasteiger partial charge on any atom is 0.0751 e. The Labute approximate surface area is 122 Å². The smallest absolute Gasteiger partial charge is 0.0751 e. The van der Waals surface area contributed by atoms with Crippen LogP contribution in [0, 0.1) is 0 Å². The summed E-state index contributed by atoms with van der Waals surface area (Å²) in [6.45, 7) is 4.39. The van der Waals surface area contributed by atoms with Gasteiger partial charge in [0.05, 0.1) is 11.7 Å². The van der Waals surface area contributed by atoms with E-state index >= 15 is 0 Å². The Morgan fingerprint density at radius 2 is 1.85 bits per heavy atom. The first-order valence-electron chi connectivity index (χ1n) is 7.50. The van der Waals surface area contributed by atoms with Gasteiger partial charge in [0.2, 0.25) is 0 Å². The fraction of sp³-hybridized carbons (Fsp3) is 0.389. The first kappa shape index (κ1) is 14.7. The Balaban J connectivity index is 2.31. The Morgan fingerprint density at radius 3 is 2.45 bits per heavy atom. The van der Waals surface area contributed by atoms with Crippen molar-refractivity contribution < 1.29 is 0 Å². The Hall–Kier alpha value is -1.67. The molecule has 2 aromatic rings. The summed E-state index contributed by atoms with van der Waals surface area (Å²) in [6, 6.07) is 13.3. The SMILES string of the molecule is CCCc1ccc(C(NC)c2ncccc2CC)cc1. The second kappa shape index (κ2) is 7.20. The quantitative estimate of drug-likeness (QED) is 0.859. The van der Waals surface area contributed by atoms with Crippen LogP contribution < -0.4 is 5.32 Å². The molecular weight excluding hydrogens is 244 g/mol. The maximum absolute atomic E-state index is 4.59. The fourth-order valence-corrected chi connectivity index (χ4v) is 2.64. The van der Waals surface area contributed by atoms with Gasteiger partial charge in [-0.2, -0.15) is 0 Å². The van der Waals surface area contributed by atoms with E-state index in [0.29, 0.717) is 0 Å². The molecule has 2 rings (SSSR count). The molecule has 1 aromatic heterocycles. The van der Waals surface area contributed by atoms with Gasteiger partial charge in [-0.25, -0.2) is 0 Å². The Kier molecular flexibility index (Phi) is 5.31. The summed E-state index contributed by atoms with van der Waals surface area (Å²) in [7, 11) is 2.00. The van der Waals surface area contributed by atoms with Gasteiger partial charge in [-0.3, -0.25) is 4.98 Å². The molecular formula is C18H24N2. The highest BCUT2D eigenvalue weighted by Crippen LogP contribution is 2.23. The van der Waals surface area contributed by atoms with E-state index in [1.165, 1.54) is 23.1 Å². The first-order valence-corrected chi connectivity index (χ1v) is 7.50. The van der Waals surface area contributed by atoms with Crippen molar-refractivity contribution in [3.63, 3.8) is 0 Å². The average molecular weight is 268 g/mol. The van der Waals surface area contributed by atoms with E-state index in [9.17, 15) is 0 Å². The van der Waals surface area contributed by atoms with Crippen molar-refractivity contribution >= 4 is 0 Å². The van der Waals surface area contributed by atoms with E-state index in [2.05, 4.69) is 54.5 Å². The number of pyridine rings is 1. The van der Waals surface area contributed by atoms with Crippen molar-refractivity contribution in [2.75, 3.05) is 7.05 Å². The lowest BCUT2D eigenvalue weighted by Gasteiger charge is -2.19. The molecule has 0 aliphatic rings. The van der Waals surface area contributed by atoms with Gasteiger partial charge in [0.15, 0.2) is 0 Å². The molecule has 20 heavy (non-hydrogen) atoms. The zero-order chi connectivity index (χ0) is 14.4. The maximum atomic E-state index is 4.59. The molecule has 106 valence electrons. The predicted octanol–water partition coefficient (Wildman–Crippen LogP) is 3.91. The van der Waals surface area contributed by atoms with Crippen molar-refractivity contribution in [1.29, 1.82) is 0 Å². The van der Waals surface area contributed by atoms with Crippen LogP contribution in [0.25, 0.3) is 0 Å². The molecule has 1 atom stereocenters. The normalized spacial score (nSPS) is 12.3. The molecule has 0 saturated heterocycles. The van der Waals surface area contributed by atoms with Gasteiger partial charge >= 0.3 is 0 Å². The molecule has 2 nitrogen and oxygen atoms in total. The molecule has 0 saturated carbocycles. The molecule has 1 N–H and O–H groups in total. The molecule has 0 spiro atoms. The van der Waals surface area contributed by atoms with Crippen molar-refractivity contribution in [2.24, 2.45) is 0 Å². The monoisotopic (exact) mass is 268 g/mol. The number of rotatable bonds is 6. The summed E-state index contributed by atoms with van der Waals surface area (Å²) < 4.78 is 0. The Morgan fingerprint density at radius 1 is 1.10 bits per heavy atom. The number of benzene rings is 1. The van der Waals surface area contributed by atoms with Crippen LogP contribution in [-0.2, 0) is 12.8 Å². The lowest BCUT2D eigenvalue weighted by atomic mass is 9.97. The highest BCUT2D eigenvalue weighted by atomic mass is 14.9. The molecule has 0 aliphatic carbocycles. The summed E-state index contributed by atoms with van der Waals surface area (Å²) in [4.78, 5) is 4.59. The molecule has 2 heteroatoms. The van der Waals surface area contributed by atoms with E-state index in [-0.39, 0.29) is 6.04 Å². The second-order valence-electron chi connectivity index (χ2n) is 5.11. The van der Waals surface area contributed by atoms with Crippen LogP contribution in [0.3, 0.4) is 0 Å². The number of hydrogen-bond donors (Lipinski definition) is 1. The number of nitrogens with one attached hydrogen (secondary N) is 1. The zero-order valence-corrected chi connectivity index (χ0v) is 12.7. The minimum absolute atomic E-state index is 0.168. The predicted molar refractivity (Wildman–Crippen MR) is 85.0 cm³/mol. The van der Waals surface area contributed by atoms with Crippen LogP contribution in [-0.4, -0.2) is 12.0 Å². The van der Waals surface area contributed by atoms with Crippen LogP contribution in [0.4, 0.5) is 0 Å². The second-order valence-corrected chi connectivity index (χ2v) is 5.11. The molecule has 1 heterocycles. The van der Waals surface area contributed by atoms with Gasteiger partial charge < -0.3 is 5.32 Å². The highest BCUT2D eigenvalue weighted by molar-refractivity contribution is 5.34. The molecule has 1 aromatic carbocycles. The zero-order valence-electron chi connectivity index (χ0n) is 12.7. The lowest BCUT2D eigenvalue weighted by Crippen LogP contribution is -2.20. The average Bonchev–Trinajstić information content (AvgIpc) is 2.50. The number of nitrogens with zero attached hydrogens (tertiary/aromatic N) is 1. The minimum Gasteiger partial charge on any atom is -0.308 e. The van der Waals surface area contributed by atoms with Crippen LogP contribution in [0.15, 0.2) is 42.6 Å². The van der Waals surface area contributed by atoms with Crippen LogP contribution in [0.2, 0.25) is 0 Å². The van der Waals surface area contributed by atoms with E-state index in [1.54, 1.807) is 0 Å². The molecule has 1 unspecified atom stereocenters. The van der Waals surface area contributed by atoms with Crippen molar-refractivity contribution in [3.8, 4) is 0 Å². The van der Waals surface area contributed by atoms with Gasteiger partial charge in [0.1, 0.15) is 0 Å². The van der Waals surface area contributed by atoms with Gasteiger partial charge in [-0.15, -0.1) is 0 Å². The van der Waals surface area contributed by atoms with E-state index in [4.69, 9.17) is 0 Å². The number of aromatic nitrogens is 1. The molecule has 0 amide bonds. The molecule has 0 fully saturated rings. The van der Waals surface area contributed by atoms with E-state index in [0.717, 1.165) is 18.5 Å². The largest absolute Gasteiger partial charge is 0.308 e. The molecule has 0 aliphatic heterocycles. The first-order chi connectivity index (χ1) is 9.80. The summed E-state index contributed by atoms with van der Waals surface area (Å²) in [5.41, 5.74) is 5.13. The topological polar surface area (TPSA) is 24.9 Å². The standard InChI is InChI=1S/C18H24N2/c1-4-7-14-9-11-16(12-10-14)17(19-3)18-15(5-2)8-6-13-20-18/h6,8-13,17,19H,4-5,7H2,1-3H3. The van der Waals surface area contributed by atoms with Gasteiger partial charge in [0.25, 0.3) is 0 Å².